The summed E-state index contributed by atoms with van der Waals surface area (Å²) in [5, 5.41) is 14.5. The zero-order valence-electron chi connectivity index (χ0n) is 12.5. The molecule has 0 heterocycles. The van der Waals surface area contributed by atoms with E-state index >= 15 is 0 Å². The number of nitrogens with zero attached hydrogens (tertiary/aromatic N) is 1. The molecule has 0 bridgehead atoms. The third-order valence-corrected chi connectivity index (χ3v) is 4.06. The maximum absolute atomic E-state index is 11.0. The molecule has 2 atom stereocenters. The van der Waals surface area contributed by atoms with E-state index in [0.717, 1.165) is 12.1 Å². The summed E-state index contributed by atoms with van der Waals surface area (Å²) >= 11 is 0. The predicted molar refractivity (Wildman–Crippen MR) is 79.2 cm³/mol. The van der Waals surface area contributed by atoms with Gasteiger partial charge in [-0.3, -0.25) is 10.1 Å². The highest BCUT2D eigenvalue weighted by Gasteiger charge is 2.36. The van der Waals surface area contributed by atoms with E-state index in [9.17, 15) is 10.1 Å². The van der Waals surface area contributed by atoms with Crippen molar-refractivity contribution in [3.63, 3.8) is 0 Å². The molecule has 1 saturated carbocycles. The van der Waals surface area contributed by atoms with Crippen LogP contribution in [0.2, 0.25) is 0 Å². The molecule has 2 rings (SSSR count). The predicted octanol–water partition coefficient (Wildman–Crippen LogP) is 3.84. The lowest BCUT2D eigenvalue weighted by Gasteiger charge is -2.20. The first-order chi connectivity index (χ1) is 9.32. The van der Waals surface area contributed by atoms with Gasteiger partial charge in [0.2, 0.25) is 0 Å². The Hall–Kier alpha value is -1.78. The fraction of sp³-hybridized carbons (Fsp3) is 0.600. The Labute approximate surface area is 119 Å². The van der Waals surface area contributed by atoms with Gasteiger partial charge >= 0.3 is 5.69 Å². The lowest BCUT2D eigenvalue weighted by Crippen LogP contribution is -2.22. The summed E-state index contributed by atoms with van der Waals surface area (Å²) in [4.78, 5) is 10.6. The largest absolute Gasteiger partial charge is 0.490 e. The maximum Gasteiger partial charge on any atom is 0.312 e. The van der Waals surface area contributed by atoms with Crippen LogP contribution >= 0.6 is 0 Å². The lowest BCUT2D eigenvalue weighted by atomic mass is 9.91. The smallest absolute Gasteiger partial charge is 0.312 e. The summed E-state index contributed by atoms with van der Waals surface area (Å²) in [5.74, 6) is 0.853. The summed E-state index contributed by atoms with van der Waals surface area (Å²) in [6, 6.07) is 5.39. The molecule has 0 radical (unpaired) electrons. The minimum Gasteiger partial charge on any atom is -0.490 e. The van der Waals surface area contributed by atoms with E-state index in [0.29, 0.717) is 23.1 Å². The molecule has 1 aromatic rings. The summed E-state index contributed by atoms with van der Waals surface area (Å²) in [5.41, 5.74) is 1.12. The topological polar surface area (TPSA) is 64.4 Å². The zero-order chi connectivity index (χ0) is 14.9. The SMILES string of the molecule is COc1ccc(NC2CC(C)(C)CC2C)cc1[N+](=O)[O-]. The van der Waals surface area contributed by atoms with Crippen LogP contribution in [0.4, 0.5) is 11.4 Å². The third kappa shape index (κ3) is 3.03. The molecule has 20 heavy (non-hydrogen) atoms. The lowest BCUT2D eigenvalue weighted by molar-refractivity contribution is -0.385. The van der Waals surface area contributed by atoms with E-state index in [2.05, 4.69) is 26.1 Å². The van der Waals surface area contributed by atoms with Gasteiger partial charge < -0.3 is 10.1 Å². The minimum absolute atomic E-state index is 0.00223. The standard InChI is InChI=1S/C15H22N2O3/c1-10-8-15(2,3)9-12(10)16-11-5-6-14(20-4)13(7-11)17(18)19/h5-7,10,12,16H,8-9H2,1-4H3. The van der Waals surface area contributed by atoms with Gasteiger partial charge in [0.1, 0.15) is 0 Å². The van der Waals surface area contributed by atoms with Gasteiger partial charge in [0, 0.05) is 17.8 Å². The number of anilines is 1. The van der Waals surface area contributed by atoms with Gasteiger partial charge in [-0.2, -0.15) is 0 Å². The fourth-order valence-corrected chi connectivity index (χ4v) is 3.22. The Kier molecular flexibility index (Phi) is 3.88. The Morgan fingerprint density at radius 2 is 2.10 bits per heavy atom. The van der Waals surface area contributed by atoms with Crippen molar-refractivity contribution in [1.29, 1.82) is 0 Å². The Bertz CT molecular complexity index is 514. The van der Waals surface area contributed by atoms with E-state index in [1.54, 1.807) is 12.1 Å². The van der Waals surface area contributed by atoms with Crippen molar-refractivity contribution in [2.45, 2.75) is 39.7 Å². The molecule has 0 saturated heterocycles. The molecular weight excluding hydrogens is 256 g/mol. The minimum atomic E-state index is -0.411. The number of rotatable bonds is 4. The average Bonchev–Trinajstić information content (AvgIpc) is 2.62. The number of methoxy groups -OCH3 is 1. The van der Waals surface area contributed by atoms with Gasteiger partial charge in [0.05, 0.1) is 12.0 Å². The highest BCUT2D eigenvalue weighted by atomic mass is 16.6. The molecule has 1 aromatic carbocycles. The molecule has 1 fully saturated rings. The van der Waals surface area contributed by atoms with Gasteiger partial charge in [-0.1, -0.05) is 20.8 Å². The van der Waals surface area contributed by atoms with Gasteiger partial charge in [-0.15, -0.1) is 0 Å². The van der Waals surface area contributed by atoms with Crippen molar-refractivity contribution < 1.29 is 9.66 Å². The monoisotopic (exact) mass is 278 g/mol. The molecule has 1 aliphatic carbocycles. The number of ether oxygens (including phenoxy) is 1. The Balaban J connectivity index is 2.18. The highest BCUT2D eigenvalue weighted by molar-refractivity contribution is 5.59. The molecule has 0 aliphatic heterocycles. The van der Waals surface area contributed by atoms with Crippen LogP contribution in [0.1, 0.15) is 33.6 Å². The summed E-state index contributed by atoms with van der Waals surface area (Å²) in [7, 11) is 1.44. The number of nitrogens with one attached hydrogen (secondary N) is 1. The second-order valence-electron chi connectivity index (χ2n) is 6.44. The van der Waals surface area contributed by atoms with Crippen LogP contribution < -0.4 is 10.1 Å². The van der Waals surface area contributed by atoms with E-state index < -0.39 is 4.92 Å². The molecule has 5 nitrogen and oxygen atoms in total. The first kappa shape index (κ1) is 14.6. The molecule has 5 heteroatoms. The second-order valence-corrected chi connectivity index (χ2v) is 6.44. The van der Waals surface area contributed by atoms with Crippen molar-refractivity contribution in [1.82, 2.24) is 0 Å². The number of benzene rings is 1. The number of hydrogen-bond acceptors (Lipinski definition) is 4. The molecule has 0 amide bonds. The molecule has 0 aromatic heterocycles. The van der Waals surface area contributed by atoms with E-state index in [-0.39, 0.29) is 5.69 Å². The molecule has 110 valence electrons. The number of nitro groups is 1. The van der Waals surface area contributed by atoms with E-state index in [4.69, 9.17) is 4.74 Å². The van der Waals surface area contributed by atoms with Crippen LogP contribution in [0.3, 0.4) is 0 Å². The van der Waals surface area contributed by atoms with Gasteiger partial charge in [-0.05, 0) is 36.3 Å². The highest BCUT2D eigenvalue weighted by Crippen LogP contribution is 2.42. The van der Waals surface area contributed by atoms with Gasteiger partial charge in [-0.25, -0.2) is 0 Å². The van der Waals surface area contributed by atoms with E-state index in [1.807, 2.05) is 6.07 Å². The quantitative estimate of drug-likeness (QED) is 0.671. The molecule has 1 aliphatic rings. The number of nitro benzene ring substituents is 1. The normalized spacial score (nSPS) is 24.4. The van der Waals surface area contributed by atoms with Crippen molar-refractivity contribution in [3.05, 3.63) is 28.3 Å². The summed E-state index contributed by atoms with van der Waals surface area (Å²) in [6.45, 7) is 6.76. The van der Waals surface area contributed by atoms with Gasteiger partial charge in [0.25, 0.3) is 0 Å². The van der Waals surface area contributed by atoms with Crippen LogP contribution in [-0.2, 0) is 0 Å². The second kappa shape index (κ2) is 5.31. The van der Waals surface area contributed by atoms with Crippen LogP contribution in [-0.4, -0.2) is 18.1 Å². The van der Waals surface area contributed by atoms with Crippen molar-refractivity contribution in [2.75, 3.05) is 12.4 Å². The van der Waals surface area contributed by atoms with Crippen LogP contribution in [0.15, 0.2) is 18.2 Å². The Morgan fingerprint density at radius 3 is 2.60 bits per heavy atom. The van der Waals surface area contributed by atoms with E-state index in [1.165, 1.54) is 13.5 Å². The first-order valence-corrected chi connectivity index (χ1v) is 6.91. The number of hydrogen-bond donors (Lipinski definition) is 1. The molecule has 2 unspecified atom stereocenters. The van der Waals surface area contributed by atoms with Gasteiger partial charge in [0.15, 0.2) is 5.75 Å². The summed E-state index contributed by atoms with van der Waals surface area (Å²) in [6.07, 6.45) is 2.25. The van der Waals surface area contributed by atoms with Crippen molar-refractivity contribution >= 4 is 11.4 Å². The molecule has 0 spiro atoms. The Morgan fingerprint density at radius 1 is 1.40 bits per heavy atom. The maximum atomic E-state index is 11.0. The first-order valence-electron chi connectivity index (χ1n) is 6.91. The molecule has 1 N–H and O–H groups in total. The average molecular weight is 278 g/mol. The zero-order valence-corrected chi connectivity index (χ0v) is 12.5. The van der Waals surface area contributed by atoms with Crippen molar-refractivity contribution in [3.8, 4) is 5.75 Å². The summed E-state index contributed by atoms with van der Waals surface area (Å²) < 4.78 is 5.02. The molecular formula is C15H22N2O3. The fourth-order valence-electron chi connectivity index (χ4n) is 3.22. The van der Waals surface area contributed by atoms with Crippen LogP contribution in [0.25, 0.3) is 0 Å². The van der Waals surface area contributed by atoms with Crippen molar-refractivity contribution in [2.24, 2.45) is 11.3 Å². The third-order valence-electron chi connectivity index (χ3n) is 4.06. The van der Waals surface area contributed by atoms with Crippen LogP contribution in [0.5, 0.6) is 5.75 Å². The van der Waals surface area contributed by atoms with Crippen LogP contribution in [0, 0.1) is 21.4 Å².